The largest absolute Gasteiger partial charge is 0.343 e. The van der Waals surface area contributed by atoms with Gasteiger partial charge in [-0.2, -0.15) is 0 Å². The molecule has 0 aliphatic rings. The second-order valence-electron chi connectivity index (χ2n) is 6.33. The lowest BCUT2D eigenvalue weighted by Gasteiger charge is -2.19. The van der Waals surface area contributed by atoms with Crippen molar-refractivity contribution in [1.29, 1.82) is 0 Å². The van der Waals surface area contributed by atoms with E-state index in [9.17, 15) is 9.59 Å². The van der Waals surface area contributed by atoms with E-state index in [0.717, 1.165) is 10.4 Å². The monoisotopic (exact) mass is 331 g/mol. The quantitative estimate of drug-likeness (QED) is 0.904. The van der Waals surface area contributed by atoms with Crippen molar-refractivity contribution in [1.82, 2.24) is 10.3 Å². The van der Waals surface area contributed by atoms with Crippen molar-refractivity contribution in [3.8, 4) is 0 Å². The van der Waals surface area contributed by atoms with Gasteiger partial charge >= 0.3 is 0 Å². The van der Waals surface area contributed by atoms with Gasteiger partial charge in [0, 0.05) is 16.6 Å². The Morgan fingerprint density at radius 3 is 2.35 bits per heavy atom. The zero-order valence-electron chi connectivity index (χ0n) is 13.8. The molecule has 5 nitrogen and oxygen atoms in total. The SMILES string of the molecule is Cc1cnc(NC(=O)CNC(=O)c2ccc(C(C)(C)C)cc2)s1. The van der Waals surface area contributed by atoms with Crippen LogP contribution in [0.3, 0.4) is 0 Å². The van der Waals surface area contributed by atoms with Gasteiger partial charge in [0.2, 0.25) is 5.91 Å². The van der Waals surface area contributed by atoms with Gasteiger partial charge < -0.3 is 10.6 Å². The molecule has 2 rings (SSSR count). The van der Waals surface area contributed by atoms with E-state index in [1.54, 1.807) is 18.3 Å². The fourth-order valence-corrected chi connectivity index (χ4v) is 2.64. The van der Waals surface area contributed by atoms with Crippen LogP contribution in [0.25, 0.3) is 0 Å². The summed E-state index contributed by atoms with van der Waals surface area (Å²) in [5, 5.41) is 5.80. The van der Waals surface area contributed by atoms with E-state index in [-0.39, 0.29) is 23.8 Å². The Bertz CT molecular complexity index is 699. The van der Waals surface area contributed by atoms with Crippen LogP contribution in [-0.4, -0.2) is 23.3 Å². The van der Waals surface area contributed by atoms with Gasteiger partial charge in [-0.1, -0.05) is 32.9 Å². The number of benzene rings is 1. The fourth-order valence-electron chi connectivity index (χ4n) is 1.96. The zero-order chi connectivity index (χ0) is 17.0. The predicted octanol–water partition coefficient (Wildman–Crippen LogP) is 3.12. The minimum absolute atomic E-state index is 0.0424. The molecular formula is C17H21N3O2S. The number of carbonyl (C=O) groups excluding carboxylic acids is 2. The molecule has 1 aromatic carbocycles. The van der Waals surface area contributed by atoms with Gasteiger partial charge in [-0.25, -0.2) is 4.98 Å². The maximum absolute atomic E-state index is 12.1. The molecule has 0 saturated heterocycles. The molecule has 2 N–H and O–H groups in total. The van der Waals surface area contributed by atoms with Gasteiger partial charge in [0.1, 0.15) is 0 Å². The Morgan fingerprint density at radius 1 is 1.17 bits per heavy atom. The molecule has 0 saturated carbocycles. The van der Waals surface area contributed by atoms with Gasteiger partial charge in [-0.15, -0.1) is 11.3 Å². The molecule has 23 heavy (non-hydrogen) atoms. The topological polar surface area (TPSA) is 71.1 Å². The van der Waals surface area contributed by atoms with Crippen molar-refractivity contribution in [2.75, 3.05) is 11.9 Å². The molecule has 0 aliphatic heterocycles. The number of hydrogen-bond donors (Lipinski definition) is 2. The number of amides is 2. The fraction of sp³-hybridized carbons (Fsp3) is 0.353. The summed E-state index contributed by atoms with van der Waals surface area (Å²) in [6, 6.07) is 7.43. The molecule has 0 radical (unpaired) electrons. The third-order valence-electron chi connectivity index (χ3n) is 3.29. The second kappa shape index (κ2) is 6.91. The van der Waals surface area contributed by atoms with Crippen molar-refractivity contribution in [3.63, 3.8) is 0 Å². The van der Waals surface area contributed by atoms with Gasteiger partial charge in [-0.3, -0.25) is 9.59 Å². The highest BCUT2D eigenvalue weighted by Crippen LogP contribution is 2.22. The van der Waals surface area contributed by atoms with E-state index >= 15 is 0 Å². The number of aryl methyl sites for hydroxylation is 1. The zero-order valence-corrected chi connectivity index (χ0v) is 14.6. The van der Waals surface area contributed by atoms with Crippen molar-refractivity contribution in [2.45, 2.75) is 33.1 Å². The van der Waals surface area contributed by atoms with Crippen LogP contribution in [0, 0.1) is 6.92 Å². The molecule has 2 aromatic rings. The third kappa shape index (κ3) is 4.89. The van der Waals surface area contributed by atoms with Crippen molar-refractivity contribution in [2.24, 2.45) is 0 Å². The first-order valence-corrected chi connectivity index (χ1v) is 8.18. The van der Waals surface area contributed by atoms with Crippen LogP contribution < -0.4 is 10.6 Å². The molecule has 122 valence electrons. The van der Waals surface area contributed by atoms with Crippen molar-refractivity contribution >= 4 is 28.3 Å². The first-order valence-electron chi connectivity index (χ1n) is 7.37. The Morgan fingerprint density at radius 2 is 1.83 bits per heavy atom. The minimum Gasteiger partial charge on any atom is -0.343 e. The number of rotatable bonds is 4. The summed E-state index contributed by atoms with van der Waals surface area (Å²) in [6.45, 7) is 8.18. The Labute approximate surface area is 140 Å². The summed E-state index contributed by atoms with van der Waals surface area (Å²) in [4.78, 5) is 28.9. The predicted molar refractivity (Wildman–Crippen MR) is 93.0 cm³/mol. The number of hydrogen-bond acceptors (Lipinski definition) is 4. The lowest BCUT2D eigenvalue weighted by atomic mass is 9.87. The van der Waals surface area contributed by atoms with E-state index in [0.29, 0.717) is 10.7 Å². The summed E-state index contributed by atoms with van der Waals surface area (Å²) in [5.74, 6) is -0.560. The highest BCUT2D eigenvalue weighted by Gasteiger charge is 2.14. The highest BCUT2D eigenvalue weighted by atomic mass is 32.1. The second-order valence-corrected chi connectivity index (χ2v) is 7.57. The maximum atomic E-state index is 12.1. The molecule has 2 amide bonds. The lowest BCUT2D eigenvalue weighted by molar-refractivity contribution is -0.115. The van der Waals surface area contributed by atoms with E-state index in [1.165, 1.54) is 11.3 Å². The molecule has 0 aliphatic carbocycles. The van der Waals surface area contributed by atoms with Crippen LogP contribution >= 0.6 is 11.3 Å². The minimum atomic E-state index is -0.293. The molecule has 0 unspecified atom stereocenters. The van der Waals surface area contributed by atoms with Crippen LogP contribution in [-0.2, 0) is 10.2 Å². The first-order chi connectivity index (χ1) is 10.8. The molecule has 0 atom stereocenters. The number of anilines is 1. The Kier molecular flexibility index (Phi) is 5.15. The Balaban J connectivity index is 1.88. The van der Waals surface area contributed by atoms with Crippen molar-refractivity contribution in [3.05, 3.63) is 46.5 Å². The van der Waals surface area contributed by atoms with E-state index in [1.807, 2.05) is 19.1 Å². The van der Waals surface area contributed by atoms with Crippen LogP contribution in [0.4, 0.5) is 5.13 Å². The summed E-state index contributed by atoms with van der Waals surface area (Å²) < 4.78 is 0. The van der Waals surface area contributed by atoms with Gasteiger partial charge in [0.05, 0.1) is 6.54 Å². The molecule has 6 heteroatoms. The number of nitrogens with one attached hydrogen (secondary N) is 2. The normalized spacial score (nSPS) is 11.1. The van der Waals surface area contributed by atoms with E-state index in [4.69, 9.17) is 0 Å². The number of carbonyl (C=O) groups is 2. The highest BCUT2D eigenvalue weighted by molar-refractivity contribution is 7.15. The first kappa shape index (κ1) is 17.1. The van der Waals surface area contributed by atoms with Gasteiger partial charge in [0.25, 0.3) is 5.91 Å². The van der Waals surface area contributed by atoms with Crippen LogP contribution in [0.5, 0.6) is 0 Å². The summed E-state index contributed by atoms with van der Waals surface area (Å²) in [5.41, 5.74) is 1.74. The maximum Gasteiger partial charge on any atom is 0.251 e. The summed E-state index contributed by atoms with van der Waals surface area (Å²) in [7, 11) is 0. The van der Waals surface area contributed by atoms with E-state index < -0.39 is 0 Å². The third-order valence-corrected chi connectivity index (χ3v) is 4.12. The molecule has 0 spiro atoms. The molecule has 0 fully saturated rings. The average molecular weight is 331 g/mol. The van der Waals surface area contributed by atoms with E-state index in [2.05, 4.69) is 36.4 Å². The van der Waals surface area contributed by atoms with Crippen LogP contribution in [0.2, 0.25) is 0 Å². The van der Waals surface area contributed by atoms with Crippen molar-refractivity contribution < 1.29 is 9.59 Å². The Hall–Kier alpha value is -2.21. The van der Waals surface area contributed by atoms with Gasteiger partial charge in [-0.05, 0) is 30.0 Å². The molecular weight excluding hydrogens is 310 g/mol. The molecule has 1 aromatic heterocycles. The number of thiazole rings is 1. The average Bonchev–Trinajstić information content (AvgIpc) is 2.89. The van der Waals surface area contributed by atoms with Gasteiger partial charge in [0.15, 0.2) is 5.13 Å². The summed E-state index contributed by atoms with van der Waals surface area (Å²) in [6.07, 6.45) is 1.69. The number of nitrogens with zero attached hydrogens (tertiary/aromatic N) is 1. The van der Waals surface area contributed by atoms with Crippen LogP contribution in [0.15, 0.2) is 30.5 Å². The standard InChI is InChI=1S/C17H21N3O2S/c1-11-9-19-16(23-11)20-14(21)10-18-15(22)12-5-7-13(8-6-12)17(2,3)4/h5-9H,10H2,1-4H3,(H,18,22)(H,19,20,21). The smallest absolute Gasteiger partial charge is 0.251 e. The number of aromatic nitrogens is 1. The lowest BCUT2D eigenvalue weighted by Crippen LogP contribution is -2.32. The van der Waals surface area contributed by atoms with Crippen LogP contribution in [0.1, 0.15) is 41.6 Å². The molecule has 0 bridgehead atoms. The molecule has 1 heterocycles. The summed E-state index contributed by atoms with van der Waals surface area (Å²) >= 11 is 1.39.